The van der Waals surface area contributed by atoms with E-state index >= 15 is 0 Å². The first-order chi connectivity index (χ1) is 13.7. The molecule has 1 aliphatic rings. The van der Waals surface area contributed by atoms with Crippen molar-refractivity contribution in [1.82, 2.24) is 25.0 Å². The van der Waals surface area contributed by atoms with Crippen LogP contribution in [0.5, 0.6) is 0 Å². The zero-order chi connectivity index (χ0) is 19.5. The monoisotopic (exact) mass is 381 g/mol. The molecule has 2 unspecified atom stereocenters. The summed E-state index contributed by atoms with van der Waals surface area (Å²) in [6.45, 7) is 3.24. The molecule has 2 atom stereocenters. The van der Waals surface area contributed by atoms with Crippen molar-refractivity contribution in [1.29, 1.82) is 0 Å². The van der Waals surface area contributed by atoms with Crippen LogP contribution in [-0.4, -0.2) is 37.0 Å². The highest BCUT2D eigenvalue weighted by Gasteiger charge is 2.23. The summed E-state index contributed by atoms with van der Waals surface area (Å²) in [5.74, 6) is 1.19. The predicted octanol–water partition coefficient (Wildman–Crippen LogP) is 2.12. The van der Waals surface area contributed by atoms with Gasteiger partial charge in [0, 0.05) is 30.9 Å². The zero-order valence-corrected chi connectivity index (χ0v) is 16.1. The second kappa shape index (κ2) is 7.97. The number of nitrogen functional groups attached to an aromatic ring is 1. The number of anilines is 3. The van der Waals surface area contributed by atoms with Crippen LogP contribution in [0.1, 0.15) is 38.2 Å². The first-order valence-corrected chi connectivity index (χ1v) is 9.86. The number of para-hydroxylation sites is 1. The van der Waals surface area contributed by atoms with Crippen molar-refractivity contribution in [3.63, 3.8) is 0 Å². The highest BCUT2D eigenvalue weighted by molar-refractivity contribution is 5.83. The number of nitrogens with one attached hydrogen (secondary N) is 2. The molecule has 3 aromatic rings. The summed E-state index contributed by atoms with van der Waals surface area (Å²) in [6, 6.07) is 8.05. The Bertz CT molecular complexity index is 952. The lowest BCUT2D eigenvalue weighted by Gasteiger charge is -2.29. The topological polar surface area (TPSA) is 133 Å². The number of hydrogen-bond acceptors (Lipinski definition) is 8. The van der Waals surface area contributed by atoms with Gasteiger partial charge in [0.25, 0.3) is 0 Å². The van der Waals surface area contributed by atoms with E-state index in [0.717, 1.165) is 24.1 Å². The molecule has 1 saturated carbocycles. The number of aromatic nitrogens is 5. The average Bonchev–Trinajstić information content (AvgIpc) is 3.12. The number of hydrogen-bond donors (Lipinski definition) is 4. The van der Waals surface area contributed by atoms with E-state index in [0.29, 0.717) is 36.0 Å². The van der Waals surface area contributed by atoms with E-state index in [-0.39, 0.29) is 12.1 Å². The minimum absolute atomic E-state index is 0.114. The minimum atomic E-state index is 0.114. The molecule has 0 saturated heterocycles. The second-order valence-electron chi connectivity index (χ2n) is 7.22. The molecule has 28 heavy (non-hydrogen) atoms. The number of benzene rings is 1. The third-order valence-electron chi connectivity index (χ3n) is 5.30. The fourth-order valence-electron chi connectivity index (χ4n) is 3.64. The molecule has 2 aromatic heterocycles. The highest BCUT2D eigenvalue weighted by atomic mass is 15.4. The Morgan fingerprint density at radius 1 is 1.18 bits per heavy atom. The molecule has 0 bridgehead atoms. The molecular formula is C19H27N9. The Kier molecular flexibility index (Phi) is 5.25. The third kappa shape index (κ3) is 3.70. The van der Waals surface area contributed by atoms with Crippen molar-refractivity contribution < 1.29 is 0 Å². The van der Waals surface area contributed by atoms with Gasteiger partial charge in [-0.05, 0) is 31.4 Å². The van der Waals surface area contributed by atoms with Crippen LogP contribution >= 0.6 is 0 Å². The van der Waals surface area contributed by atoms with Crippen molar-refractivity contribution in [2.45, 2.75) is 57.8 Å². The summed E-state index contributed by atoms with van der Waals surface area (Å²) in [5, 5.41) is 15.3. The fourth-order valence-corrected chi connectivity index (χ4v) is 3.64. The zero-order valence-electron chi connectivity index (χ0n) is 16.1. The van der Waals surface area contributed by atoms with E-state index in [1.54, 1.807) is 4.68 Å². The van der Waals surface area contributed by atoms with Crippen molar-refractivity contribution in [3.05, 3.63) is 29.8 Å². The van der Waals surface area contributed by atoms with Crippen LogP contribution in [0.2, 0.25) is 0 Å². The third-order valence-corrected chi connectivity index (χ3v) is 5.30. The Morgan fingerprint density at radius 3 is 2.79 bits per heavy atom. The number of nitrogens with zero attached hydrogens (tertiary/aromatic N) is 5. The fraction of sp³-hybridized carbons (Fsp3) is 0.474. The summed E-state index contributed by atoms with van der Waals surface area (Å²) in [7, 11) is 0. The quantitative estimate of drug-likeness (QED) is 0.477. The molecule has 148 valence electrons. The van der Waals surface area contributed by atoms with E-state index < -0.39 is 0 Å². The van der Waals surface area contributed by atoms with Crippen molar-refractivity contribution in [2.24, 2.45) is 5.73 Å². The van der Waals surface area contributed by atoms with Gasteiger partial charge in [-0.1, -0.05) is 36.3 Å². The Balaban J connectivity index is 1.64. The molecule has 9 nitrogen and oxygen atoms in total. The van der Waals surface area contributed by atoms with Crippen LogP contribution in [0, 0.1) is 0 Å². The molecule has 0 spiro atoms. The maximum Gasteiger partial charge on any atom is 0.227 e. The lowest BCUT2D eigenvalue weighted by atomic mass is 9.91. The number of fused-ring (bicyclic) bond motifs is 1. The van der Waals surface area contributed by atoms with Gasteiger partial charge < -0.3 is 22.1 Å². The number of aryl methyl sites for hydroxylation is 1. The maximum atomic E-state index is 6.29. The smallest absolute Gasteiger partial charge is 0.227 e. The molecule has 0 radical (unpaired) electrons. The number of rotatable bonds is 6. The van der Waals surface area contributed by atoms with Crippen molar-refractivity contribution in [3.8, 4) is 0 Å². The van der Waals surface area contributed by atoms with Gasteiger partial charge in [-0.15, -0.1) is 5.10 Å². The van der Waals surface area contributed by atoms with Crippen molar-refractivity contribution in [2.75, 3.05) is 16.4 Å². The van der Waals surface area contributed by atoms with Gasteiger partial charge in [0.15, 0.2) is 17.0 Å². The normalized spacial score (nSPS) is 19.6. The molecule has 1 aromatic carbocycles. The summed E-state index contributed by atoms with van der Waals surface area (Å²) in [4.78, 5) is 9.34. The predicted molar refractivity (Wildman–Crippen MR) is 111 cm³/mol. The van der Waals surface area contributed by atoms with Crippen LogP contribution < -0.4 is 22.1 Å². The average molecular weight is 381 g/mol. The van der Waals surface area contributed by atoms with Gasteiger partial charge in [0.05, 0.1) is 0 Å². The highest BCUT2D eigenvalue weighted by Crippen LogP contribution is 2.24. The Labute approximate surface area is 163 Å². The Morgan fingerprint density at radius 2 is 2.00 bits per heavy atom. The van der Waals surface area contributed by atoms with Crippen LogP contribution in [-0.2, 0) is 13.1 Å². The van der Waals surface area contributed by atoms with Crippen LogP contribution in [0.4, 0.5) is 17.5 Å². The molecule has 4 rings (SSSR count). The van der Waals surface area contributed by atoms with Crippen molar-refractivity contribution >= 4 is 28.6 Å². The van der Waals surface area contributed by atoms with Crippen LogP contribution in [0.3, 0.4) is 0 Å². The first-order valence-electron chi connectivity index (χ1n) is 9.86. The van der Waals surface area contributed by atoms with E-state index in [9.17, 15) is 0 Å². The summed E-state index contributed by atoms with van der Waals surface area (Å²) in [5.41, 5.74) is 15.4. The van der Waals surface area contributed by atoms with E-state index in [1.807, 2.05) is 31.2 Å². The molecule has 6 N–H and O–H groups in total. The van der Waals surface area contributed by atoms with Gasteiger partial charge >= 0.3 is 0 Å². The van der Waals surface area contributed by atoms with Gasteiger partial charge in [-0.25, -0.2) is 4.68 Å². The summed E-state index contributed by atoms with van der Waals surface area (Å²) < 4.78 is 1.77. The SMILES string of the molecule is CCn1nnc2c(NCc3ccccc3N)nc(NC3CCCCC3N)nc21. The molecule has 0 amide bonds. The first kappa shape index (κ1) is 18.4. The lowest BCUT2D eigenvalue weighted by Crippen LogP contribution is -2.43. The lowest BCUT2D eigenvalue weighted by molar-refractivity contribution is 0.402. The molecular weight excluding hydrogens is 354 g/mol. The molecule has 9 heteroatoms. The van der Waals surface area contributed by atoms with E-state index in [4.69, 9.17) is 11.5 Å². The van der Waals surface area contributed by atoms with Crippen LogP contribution in [0.15, 0.2) is 24.3 Å². The maximum absolute atomic E-state index is 6.29. The van der Waals surface area contributed by atoms with Gasteiger partial charge in [-0.3, -0.25) is 0 Å². The largest absolute Gasteiger partial charge is 0.398 e. The number of nitrogens with two attached hydrogens (primary N) is 2. The molecule has 2 heterocycles. The van der Waals surface area contributed by atoms with Gasteiger partial charge in [0.1, 0.15) is 0 Å². The van der Waals surface area contributed by atoms with E-state index in [2.05, 4.69) is 30.9 Å². The van der Waals surface area contributed by atoms with Crippen LogP contribution in [0.25, 0.3) is 11.2 Å². The Hall–Kier alpha value is -2.94. The van der Waals surface area contributed by atoms with E-state index in [1.165, 1.54) is 12.8 Å². The second-order valence-corrected chi connectivity index (χ2v) is 7.22. The molecule has 1 fully saturated rings. The summed E-state index contributed by atoms with van der Waals surface area (Å²) in [6.07, 6.45) is 4.39. The standard InChI is InChI=1S/C19H27N9/c1-2-28-18-16(26-27-28)17(22-11-12-7-3-4-8-13(12)20)24-19(25-18)23-15-10-6-5-9-14(15)21/h3-4,7-8,14-15H,2,5-6,9-11,20-21H2,1H3,(H2,22,23,24,25). The molecule has 0 aliphatic heterocycles. The summed E-state index contributed by atoms with van der Waals surface area (Å²) >= 11 is 0. The van der Waals surface area contributed by atoms with Gasteiger partial charge in [-0.2, -0.15) is 9.97 Å². The molecule has 1 aliphatic carbocycles. The minimum Gasteiger partial charge on any atom is -0.398 e. The van der Waals surface area contributed by atoms with Gasteiger partial charge in [0.2, 0.25) is 5.95 Å².